The van der Waals surface area contributed by atoms with Crippen LogP contribution in [0.2, 0.25) is 0 Å². The van der Waals surface area contributed by atoms with Crippen molar-refractivity contribution in [1.82, 2.24) is 0 Å². The van der Waals surface area contributed by atoms with Gasteiger partial charge in [0.15, 0.2) is 11.1 Å². The van der Waals surface area contributed by atoms with Crippen molar-refractivity contribution in [1.29, 1.82) is 0 Å². The van der Waals surface area contributed by atoms with Crippen LogP contribution in [0.25, 0.3) is 0 Å². The molecule has 0 bridgehead atoms. The van der Waals surface area contributed by atoms with Crippen molar-refractivity contribution in [3.63, 3.8) is 0 Å². The quantitative estimate of drug-likeness (QED) is 0.275. The van der Waals surface area contributed by atoms with Crippen LogP contribution < -0.4 is 4.74 Å². The second-order valence-electron chi connectivity index (χ2n) is 2.69. The number of ether oxygens (including phenoxy) is 1. The smallest absolute Gasteiger partial charge is 0.326 e. The Hall–Kier alpha value is -1.80. The van der Waals surface area contributed by atoms with Gasteiger partial charge in [0.2, 0.25) is 0 Å². The Kier molecular flexibility index (Phi) is 4.09. The minimum Gasteiger partial charge on any atom is -0.426 e. The first-order valence-electron chi connectivity index (χ1n) is 4.01. The minimum atomic E-state index is -2.26. The van der Waals surface area contributed by atoms with E-state index in [1.165, 1.54) is 24.3 Å². The third-order valence-electron chi connectivity index (χ3n) is 1.52. The number of esters is 1. The van der Waals surface area contributed by atoms with Crippen molar-refractivity contribution < 1.29 is 23.2 Å². The van der Waals surface area contributed by atoms with E-state index in [-0.39, 0.29) is 11.4 Å². The number of hydrogen-bond donors (Lipinski definition) is 1. The Bertz CT molecular complexity index is 429. The predicted octanol–water partition coefficient (Wildman–Crippen LogP) is 0.722. The lowest BCUT2D eigenvalue weighted by Gasteiger charge is -2.01. The second-order valence-corrected chi connectivity index (χ2v) is 3.62. The molecule has 1 aromatic rings. The first-order chi connectivity index (χ1) is 7.49. The van der Waals surface area contributed by atoms with Crippen LogP contribution in [-0.4, -0.2) is 25.4 Å². The summed E-state index contributed by atoms with van der Waals surface area (Å²) in [5.74, 6) is -1.44. The van der Waals surface area contributed by atoms with E-state index in [1.807, 2.05) is 0 Å². The van der Waals surface area contributed by atoms with Gasteiger partial charge in [-0.3, -0.25) is 14.9 Å². The van der Waals surface area contributed by atoms with Crippen molar-refractivity contribution in [2.75, 3.05) is 5.75 Å². The maximum absolute atomic E-state index is 10.9. The molecule has 1 aromatic carbocycles. The van der Waals surface area contributed by atoms with E-state index in [0.29, 0.717) is 0 Å². The number of nitro benzene ring substituents is 1. The standard InChI is InChI=1S/C8H7NO6S/c10-8(5-16(13)14)15-7-3-1-6(2-4-7)9(11)12/h1-4H,5H2,(H,13,14). The number of non-ortho nitro benzene ring substituents is 1. The zero-order valence-corrected chi connectivity index (χ0v) is 8.68. The summed E-state index contributed by atoms with van der Waals surface area (Å²) in [5, 5.41) is 10.3. The minimum absolute atomic E-state index is 0.0843. The van der Waals surface area contributed by atoms with Gasteiger partial charge in [-0.25, -0.2) is 4.21 Å². The Morgan fingerprint density at radius 3 is 2.44 bits per heavy atom. The number of hydrogen-bond acceptors (Lipinski definition) is 5. The van der Waals surface area contributed by atoms with Gasteiger partial charge in [-0.1, -0.05) is 0 Å². The summed E-state index contributed by atoms with van der Waals surface area (Å²) >= 11 is -2.26. The molecule has 0 amide bonds. The Morgan fingerprint density at radius 2 is 2.00 bits per heavy atom. The van der Waals surface area contributed by atoms with Gasteiger partial charge >= 0.3 is 5.97 Å². The van der Waals surface area contributed by atoms with E-state index >= 15 is 0 Å². The van der Waals surface area contributed by atoms with E-state index in [1.54, 1.807) is 0 Å². The number of nitro groups is 1. The fourth-order valence-electron chi connectivity index (χ4n) is 0.898. The Labute approximate surface area is 92.5 Å². The maximum Gasteiger partial charge on any atom is 0.326 e. The summed E-state index contributed by atoms with van der Waals surface area (Å²) in [6, 6.07) is 4.80. The van der Waals surface area contributed by atoms with E-state index in [4.69, 9.17) is 4.55 Å². The molecule has 1 atom stereocenters. The number of carbonyl (C=O) groups is 1. The molecular formula is C8H7NO6S. The van der Waals surface area contributed by atoms with Crippen molar-refractivity contribution in [2.45, 2.75) is 0 Å². The summed E-state index contributed by atoms with van der Waals surface area (Å²) in [6.07, 6.45) is 0. The molecule has 0 aliphatic carbocycles. The highest BCUT2D eigenvalue weighted by Crippen LogP contribution is 2.17. The molecule has 0 spiro atoms. The Morgan fingerprint density at radius 1 is 1.44 bits per heavy atom. The summed E-state index contributed by atoms with van der Waals surface area (Å²) in [6.45, 7) is 0. The van der Waals surface area contributed by atoms with Crippen LogP contribution >= 0.6 is 0 Å². The van der Waals surface area contributed by atoms with Crippen LogP contribution in [0.15, 0.2) is 24.3 Å². The first kappa shape index (κ1) is 12.3. The van der Waals surface area contributed by atoms with E-state index in [9.17, 15) is 19.1 Å². The fourth-order valence-corrected chi connectivity index (χ4v) is 1.16. The monoisotopic (exact) mass is 245 g/mol. The molecule has 1 unspecified atom stereocenters. The van der Waals surface area contributed by atoms with Crippen LogP contribution in [0.5, 0.6) is 5.75 Å². The molecule has 0 aliphatic heterocycles. The first-order valence-corrected chi connectivity index (χ1v) is 5.29. The normalized spacial score (nSPS) is 11.8. The molecule has 8 heteroatoms. The van der Waals surface area contributed by atoms with Gasteiger partial charge in [0.1, 0.15) is 11.5 Å². The van der Waals surface area contributed by atoms with E-state index in [0.717, 1.165) is 0 Å². The summed E-state index contributed by atoms with van der Waals surface area (Å²) in [4.78, 5) is 20.6. The fraction of sp³-hybridized carbons (Fsp3) is 0.125. The average molecular weight is 245 g/mol. The second kappa shape index (κ2) is 5.33. The third-order valence-corrected chi connectivity index (χ3v) is 2.00. The lowest BCUT2D eigenvalue weighted by molar-refractivity contribution is -0.384. The lowest BCUT2D eigenvalue weighted by Crippen LogP contribution is -2.16. The van der Waals surface area contributed by atoms with E-state index in [2.05, 4.69) is 4.74 Å². The lowest BCUT2D eigenvalue weighted by atomic mass is 10.3. The molecule has 0 heterocycles. The molecule has 1 rings (SSSR count). The number of nitrogens with zero attached hydrogens (tertiary/aromatic N) is 1. The van der Waals surface area contributed by atoms with Crippen molar-refractivity contribution in [2.24, 2.45) is 0 Å². The highest BCUT2D eigenvalue weighted by molar-refractivity contribution is 7.80. The number of benzene rings is 1. The van der Waals surface area contributed by atoms with Crippen molar-refractivity contribution in [3.05, 3.63) is 34.4 Å². The molecule has 0 saturated carbocycles. The molecule has 0 saturated heterocycles. The summed E-state index contributed by atoms with van der Waals surface area (Å²) < 4.78 is 23.3. The topological polar surface area (TPSA) is 107 Å². The van der Waals surface area contributed by atoms with Gasteiger partial charge in [-0.15, -0.1) is 0 Å². The van der Waals surface area contributed by atoms with Gasteiger partial charge < -0.3 is 9.29 Å². The molecule has 1 N–H and O–H groups in total. The number of carbonyl (C=O) groups excluding carboxylic acids is 1. The van der Waals surface area contributed by atoms with Crippen LogP contribution in [0, 0.1) is 10.1 Å². The van der Waals surface area contributed by atoms with Crippen molar-refractivity contribution >= 4 is 22.7 Å². The predicted molar refractivity (Wildman–Crippen MR) is 54.4 cm³/mol. The van der Waals surface area contributed by atoms with Crippen LogP contribution in [0.4, 0.5) is 5.69 Å². The molecule has 16 heavy (non-hydrogen) atoms. The van der Waals surface area contributed by atoms with Gasteiger partial charge in [-0.2, -0.15) is 0 Å². The number of rotatable bonds is 4. The maximum atomic E-state index is 10.9. The van der Waals surface area contributed by atoms with Gasteiger partial charge in [0, 0.05) is 12.1 Å². The molecule has 0 aliphatic rings. The molecule has 0 fully saturated rings. The zero-order chi connectivity index (χ0) is 12.1. The molecule has 0 radical (unpaired) electrons. The van der Waals surface area contributed by atoms with E-state index < -0.39 is 27.7 Å². The van der Waals surface area contributed by atoms with Gasteiger partial charge in [0.05, 0.1) is 4.92 Å². The van der Waals surface area contributed by atoms with Crippen molar-refractivity contribution in [3.8, 4) is 5.75 Å². The zero-order valence-electron chi connectivity index (χ0n) is 7.86. The molecule has 7 nitrogen and oxygen atoms in total. The van der Waals surface area contributed by atoms with Crippen LogP contribution in [0.3, 0.4) is 0 Å². The third kappa shape index (κ3) is 3.75. The highest BCUT2D eigenvalue weighted by atomic mass is 32.2. The summed E-state index contributed by atoms with van der Waals surface area (Å²) in [7, 11) is 0. The van der Waals surface area contributed by atoms with Crippen LogP contribution in [-0.2, 0) is 15.9 Å². The Balaban J connectivity index is 2.65. The molecular weight excluding hydrogens is 238 g/mol. The van der Waals surface area contributed by atoms with Crippen LogP contribution in [0.1, 0.15) is 0 Å². The van der Waals surface area contributed by atoms with Gasteiger partial charge in [0.25, 0.3) is 5.69 Å². The van der Waals surface area contributed by atoms with Gasteiger partial charge in [-0.05, 0) is 12.1 Å². The molecule has 86 valence electrons. The summed E-state index contributed by atoms with van der Waals surface area (Å²) in [5.41, 5.74) is -0.134. The largest absolute Gasteiger partial charge is 0.426 e. The SMILES string of the molecule is O=C(CS(=O)O)Oc1ccc([N+](=O)[O-])cc1. The average Bonchev–Trinajstić information content (AvgIpc) is 2.16. The molecule has 0 aromatic heterocycles. The highest BCUT2D eigenvalue weighted by Gasteiger charge is 2.10.